The first kappa shape index (κ1) is 44.3. The van der Waals surface area contributed by atoms with Gasteiger partial charge in [0.25, 0.3) is 0 Å². The van der Waals surface area contributed by atoms with Gasteiger partial charge in [-0.3, -0.25) is 9.59 Å². The van der Waals surface area contributed by atoms with Gasteiger partial charge in [-0.1, -0.05) is 142 Å². The number of aliphatic hydroxyl groups excluding tert-OH is 1. The van der Waals surface area contributed by atoms with Gasteiger partial charge in [0.1, 0.15) is 6.61 Å². The Kier molecular flexibility index (Phi) is 34.8. The maximum Gasteiger partial charge on any atom is 0.306 e. The highest BCUT2D eigenvalue weighted by Crippen LogP contribution is 2.08. The number of aliphatic hydroxyl groups is 1. The van der Waals surface area contributed by atoms with E-state index in [9.17, 15) is 14.7 Å². The van der Waals surface area contributed by atoms with Crippen molar-refractivity contribution in [2.75, 3.05) is 13.2 Å². The van der Waals surface area contributed by atoms with Crippen molar-refractivity contribution < 1.29 is 24.2 Å². The van der Waals surface area contributed by atoms with Crippen LogP contribution in [0.1, 0.15) is 117 Å². The van der Waals surface area contributed by atoms with Gasteiger partial charge in [0.2, 0.25) is 0 Å². The van der Waals surface area contributed by atoms with E-state index in [0.29, 0.717) is 12.8 Å². The van der Waals surface area contributed by atoms with Crippen LogP contribution in [0.2, 0.25) is 0 Å². The molecule has 5 nitrogen and oxygen atoms in total. The Hall–Kier alpha value is -3.70. The topological polar surface area (TPSA) is 72.8 Å². The number of unbranched alkanes of at least 4 members (excludes halogenated alkanes) is 5. The quantitative estimate of drug-likeness (QED) is 0.0359. The molecule has 0 aromatic carbocycles. The van der Waals surface area contributed by atoms with Gasteiger partial charge in [-0.15, -0.1) is 0 Å². The van der Waals surface area contributed by atoms with E-state index in [4.69, 9.17) is 9.47 Å². The molecule has 0 amide bonds. The second-order valence-corrected chi connectivity index (χ2v) is 11.3. The molecule has 0 saturated heterocycles. The lowest BCUT2D eigenvalue weighted by molar-refractivity contribution is -0.161. The van der Waals surface area contributed by atoms with Crippen molar-refractivity contribution in [2.24, 2.45) is 0 Å². The van der Waals surface area contributed by atoms with E-state index in [0.717, 1.165) is 83.5 Å². The van der Waals surface area contributed by atoms with Gasteiger partial charge in [-0.25, -0.2) is 0 Å². The third-order valence-corrected chi connectivity index (χ3v) is 6.85. The summed E-state index contributed by atoms with van der Waals surface area (Å²) in [7, 11) is 0. The summed E-state index contributed by atoms with van der Waals surface area (Å²) in [5, 5.41) is 9.52. The van der Waals surface area contributed by atoms with Crippen molar-refractivity contribution in [2.45, 2.75) is 123 Å². The van der Waals surface area contributed by atoms with Gasteiger partial charge in [-0.05, 0) is 83.5 Å². The molecule has 0 aliphatic carbocycles. The highest BCUT2D eigenvalue weighted by Gasteiger charge is 2.15. The standard InChI is InChI=1S/C43H64O5/c1-3-5-7-9-11-13-15-17-18-19-20-21-22-23-24-26-28-30-32-34-36-38-43(46)48-41(39-44)40-47-42(45)37-35-33-31-29-27-25-16-14-12-10-8-6-4-2/h5-8,10-14,16-18,20-21,23-25,27-28,30,41,44H,3-4,9,15,19,22,26,29,31-40H2,1-2H3/b7-5+,8-6+,12-10+,13-11+,16-14+,18-17+,21-20+,24-23+,27-25+,30-28+. The molecule has 0 bridgehead atoms. The number of rotatable bonds is 30. The van der Waals surface area contributed by atoms with Crippen molar-refractivity contribution in [1.82, 2.24) is 0 Å². The van der Waals surface area contributed by atoms with Gasteiger partial charge < -0.3 is 14.6 Å². The normalized spacial score (nSPS) is 13.6. The SMILES string of the molecule is CC/C=C/C=C/C=C/C=C/CCCCCC(=O)OCC(CO)OC(=O)CCCC/C=C/C/C=C/C/C=C/C/C=C/C/C=C/C/C=C/CC. The van der Waals surface area contributed by atoms with Crippen molar-refractivity contribution in [3.63, 3.8) is 0 Å². The zero-order valence-corrected chi connectivity index (χ0v) is 29.9. The molecule has 0 aromatic heterocycles. The maximum absolute atomic E-state index is 12.1. The summed E-state index contributed by atoms with van der Waals surface area (Å²) >= 11 is 0. The number of allylic oxidation sites excluding steroid dienone is 20. The molecule has 0 spiro atoms. The highest BCUT2D eigenvalue weighted by molar-refractivity contribution is 5.70. The molecule has 0 saturated carbocycles. The predicted octanol–water partition coefficient (Wildman–Crippen LogP) is 11.3. The first-order valence-corrected chi connectivity index (χ1v) is 18.1. The third kappa shape index (κ3) is 35.2. The highest BCUT2D eigenvalue weighted by atomic mass is 16.6. The lowest BCUT2D eigenvalue weighted by Gasteiger charge is -2.15. The van der Waals surface area contributed by atoms with Crippen molar-refractivity contribution in [3.05, 3.63) is 122 Å². The summed E-state index contributed by atoms with van der Waals surface area (Å²) in [6, 6.07) is 0. The molecular weight excluding hydrogens is 596 g/mol. The van der Waals surface area contributed by atoms with Crippen LogP contribution in [0.15, 0.2) is 122 Å². The van der Waals surface area contributed by atoms with Gasteiger partial charge >= 0.3 is 11.9 Å². The van der Waals surface area contributed by atoms with Crippen LogP contribution in [0.5, 0.6) is 0 Å². The Morgan fingerprint density at radius 2 is 0.938 bits per heavy atom. The van der Waals surface area contributed by atoms with E-state index < -0.39 is 6.10 Å². The van der Waals surface area contributed by atoms with Crippen LogP contribution < -0.4 is 0 Å². The molecule has 0 rings (SSSR count). The molecule has 48 heavy (non-hydrogen) atoms. The number of ether oxygens (including phenoxy) is 2. The number of hydrogen-bond donors (Lipinski definition) is 1. The van der Waals surface area contributed by atoms with Crippen LogP contribution in [0.3, 0.4) is 0 Å². The molecule has 1 N–H and O–H groups in total. The van der Waals surface area contributed by atoms with E-state index in [2.05, 4.69) is 98.9 Å². The molecule has 0 aliphatic rings. The molecular formula is C43H64O5. The second-order valence-electron chi connectivity index (χ2n) is 11.3. The lowest BCUT2D eigenvalue weighted by atomic mass is 10.1. The summed E-state index contributed by atoms with van der Waals surface area (Å²) in [4.78, 5) is 24.2. The van der Waals surface area contributed by atoms with E-state index in [1.807, 2.05) is 36.5 Å². The number of carbonyl (C=O) groups is 2. The Bertz CT molecular complexity index is 1060. The Labute approximate surface area is 293 Å². The molecule has 0 heterocycles. The Balaban J connectivity index is 3.79. The fourth-order valence-electron chi connectivity index (χ4n) is 4.15. The average molecular weight is 661 g/mol. The Morgan fingerprint density at radius 1 is 0.500 bits per heavy atom. The smallest absolute Gasteiger partial charge is 0.306 e. The van der Waals surface area contributed by atoms with Gasteiger partial charge in [0.15, 0.2) is 6.10 Å². The van der Waals surface area contributed by atoms with Crippen LogP contribution in [0.25, 0.3) is 0 Å². The first-order valence-electron chi connectivity index (χ1n) is 18.1. The van der Waals surface area contributed by atoms with Crippen LogP contribution in [-0.4, -0.2) is 36.4 Å². The minimum atomic E-state index is -0.819. The van der Waals surface area contributed by atoms with Gasteiger partial charge in [-0.2, -0.15) is 0 Å². The number of carbonyl (C=O) groups excluding carboxylic acids is 2. The number of esters is 2. The van der Waals surface area contributed by atoms with E-state index in [-0.39, 0.29) is 31.6 Å². The second kappa shape index (κ2) is 37.8. The summed E-state index contributed by atoms with van der Waals surface area (Å²) in [6.45, 7) is 3.77. The van der Waals surface area contributed by atoms with Crippen molar-refractivity contribution >= 4 is 11.9 Å². The average Bonchev–Trinajstić information content (AvgIpc) is 3.09. The van der Waals surface area contributed by atoms with Gasteiger partial charge in [0.05, 0.1) is 6.61 Å². The lowest BCUT2D eigenvalue weighted by Crippen LogP contribution is -2.28. The van der Waals surface area contributed by atoms with Crippen molar-refractivity contribution in [3.8, 4) is 0 Å². The molecule has 5 heteroatoms. The predicted molar refractivity (Wildman–Crippen MR) is 205 cm³/mol. The van der Waals surface area contributed by atoms with Crippen molar-refractivity contribution in [1.29, 1.82) is 0 Å². The van der Waals surface area contributed by atoms with E-state index in [1.54, 1.807) is 0 Å². The zero-order valence-electron chi connectivity index (χ0n) is 29.9. The summed E-state index contributed by atoms with van der Waals surface area (Å²) < 4.78 is 10.5. The summed E-state index contributed by atoms with van der Waals surface area (Å²) in [6.07, 6.45) is 55.4. The molecule has 1 unspecified atom stereocenters. The van der Waals surface area contributed by atoms with E-state index >= 15 is 0 Å². The minimum Gasteiger partial charge on any atom is -0.462 e. The van der Waals surface area contributed by atoms with Crippen LogP contribution >= 0.6 is 0 Å². The zero-order chi connectivity index (χ0) is 35.0. The fraction of sp³-hybridized carbons (Fsp3) is 0.488. The largest absolute Gasteiger partial charge is 0.462 e. The summed E-state index contributed by atoms with van der Waals surface area (Å²) in [5.74, 6) is -0.705. The third-order valence-electron chi connectivity index (χ3n) is 6.85. The molecule has 0 aliphatic heterocycles. The Morgan fingerprint density at radius 3 is 1.50 bits per heavy atom. The van der Waals surface area contributed by atoms with Gasteiger partial charge in [0, 0.05) is 12.8 Å². The minimum absolute atomic E-state index is 0.114. The first-order chi connectivity index (χ1) is 23.6. The molecule has 1 atom stereocenters. The molecule has 266 valence electrons. The number of hydrogen-bond acceptors (Lipinski definition) is 5. The van der Waals surface area contributed by atoms with E-state index in [1.165, 1.54) is 0 Å². The monoisotopic (exact) mass is 660 g/mol. The fourth-order valence-corrected chi connectivity index (χ4v) is 4.15. The van der Waals surface area contributed by atoms with Crippen LogP contribution in [-0.2, 0) is 19.1 Å². The molecule has 0 radical (unpaired) electrons. The van der Waals surface area contributed by atoms with Crippen LogP contribution in [0, 0.1) is 0 Å². The summed E-state index contributed by atoms with van der Waals surface area (Å²) in [5.41, 5.74) is 0. The van der Waals surface area contributed by atoms with Crippen LogP contribution in [0.4, 0.5) is 0 Å². The maximum atomic E-state index is 12.1. The molecule has 0 aromatic rings. The molecule has 0 fully saturated rings.